The molecule has 1 aromatic carbocycles. The van der Waals surface area contributed by atoms with Crippen molar-refractivity contribution in [2.24, 2.45) is 11.1 Å². The van der Waals surface area contributed by atoms with Crippen LogP contribution in [-0.2, 0) is 4.79 Å². The molecule has 1 aliphatic rings. The minimum Gasteiger partial charge on any atom is -0.330 e. The highest BCUT2D eigenvalue weighted by Crippen LogP contribution is 2.30. The van der Waals surface area contributed by atoms with Crippen molar-refractivity contribution < 1.29 is 4.79 Å². The van der Waals surface area contributed by atoms with Gasteiger partial charge in [0.05, 0.1) is 17.1 Å². The number of aromatic nitrogens is 2. The van der Waals surface area contributed by atoms with Crippen molar-refractivity contribution in [3.8, 4) is 0 Å². The summed E-state index contributed by atoms with van der Waals surface area (Å²) in [5.41, 5.74) is 7.74. The van der Waals surface area contributed by atoms with Crippen molar-refractivity contribution in [2.45, 2.75) is 26.3 Å². The van der Waals surface area contributed by atoms with Crippen molar-refractivity contribution in [3.05, 3.63) is 28.7 Å². The minimum atomic E-state index is -0.255. The summed E-state index contributed by atoms with van der Waals surface area (Å²) in [6, 6.07) is 5.09. The molecule has 2 heterocycles. The van der Waals surface area contributed by atoms with Gasteiger partial charge in [0.25, 0.3) is 0 Å². The van der Waals surface area contributed by atoms with E-state index in [0.29, 0.717) is 17.7 Å². The second-order valence-electron chi connectivity index (χ2n) is 6.74. The first-order chi connectivity index (χ1) is 10.9. The summed E-state index contributed by atoms with van der Waals surface area (Å²) in [4.78, 5) is 31.3. The Labute approximate surface area is 146 Å². The predicted molar refractivity (Wildman–Crippen MR) is 97.6 cm³/mol. The third-order valence-electron chi connectivity index (χ3n) is 4.79. The maximum Gasteiger partial charge on any atom is 0.323 e. The van der Waals surface area contributed by atoms with Gasteiger partial charge in [-0.3, -0.25) is 9.69 Å². The molecule has 7 nitrogen and oxygen atoms in total. The fraction of sp³-hybridized carbons (Fsp3) is 0.500. The maximum absolute atomic E-state index is 12.5. The van der Waals surface area contributed by atoms with Crippen LogP contribution in [0.1, 0.15) is 20.3 Å². The molecule has 1 fully saturated rings. The average molecular weight is 354 g/mol. The van der Waals surface area contributed by atoms with Crippen molar-refractivity contribution in [2.75, 3.05) is 25.0 Å². The lowest BCUT2D eigenvalue weighted by molar-refractivity contribution is -0.120. The molecule has 24 heavy (non-hydrogen) atoms. The van der Waals surface area contributed by atoms with Gasteiger partial charge in [0.2, 0.25) is 5.91 Å². The highest BCUT2D eigenvalue weighted by molar-refractivity contribution is 5.96. The summed E-state index contributed by atoms with van der Waals surface area (Å²) in [5.74, 6) is -0.0523. The number of fused-ring (bicyclic) bond motifs is 1. The van der Waals surface area contributed by atoms with Crippen LogP contribution in [0.3, 0.4) is 0 Å². The molecule has 0 aliphatic carbocycles. The van der Waals surface area contributed by atoms with Crippen LogP contribution in [-0.4, -0.2) is 46.5 Å². The van der Waals surface area contributed by atoms with Gasteiger partial charge in [-0.25, -0.2) is 4.79 Å². The molecule has 0 bridgehead atoms. The Morgan fingerprint density at radius 3 is 2.79 bits per heavy atom. The zero-order valence-electron chi connectivity index (χ0n) is 13.9. The van der Waals surface area contributed by atoms with Crippen molar-refractivity contribution in [3.63, 3.8) is 0 Å². The predicted octanol–water partition coefficient (Wildman–Crippen LogP) is 1.28. The normalized spacial score (nSPS) is 22.3. The van der Waals surface area contributed by atoms with E-state index >= 15 is 0 Å². The summed E-state index contributed by atoms with van der Waals surface area (Å²) in [7, 11) is 0. The molecule has 2 unspecified atom stereocenters. The molecule has 8 heteroatoms. The van der Waals surface area contributed by atoms with E-state index < -0.39 is 0 Å². The third-order valence-corrected chi connectivity index (χ3v) is 4.79. The number of nitrogens with one attached hydrogen (secondary N) is 3. The highest BCUT2D eigenvalue weighted by Gasteiger charge is 2.36. The van der Waals surface area contributed by atoms with Crippen LogP contribution >= 0.6 is 12.4 Å². The van der Waals surface area contributed by atoms with Crippen molar-refractivity contribution >= 4 is 35.0 Å². The lowest BCUT2D eigenvalue weighted by atomic mass is 9.90. The van der Waals surface area contributed by atoms with Crippen LogP contribution in [0.2, 0.25) is 0 Å². The Balaban J connectivity index is 0.00000208. The lowest BCUT2D eigenvalue weighted by Gasteiger charge is -2.26. The van der Waals surface area contributed by atoms with E-state index in [1.54, 1.807) is 18.2 Å². The largest absolute Gasteiger partial charge is 0.330 e. The number of imidazole rings is 1. The Morgan fingerprint density at radius 1 is 1.42 bits per heavy atom. The van der Waals surface area contributed by atoms with Crippen molar-refractivity contribution in [1.82, 2.24) is 14.9 Å². The van der Waals surface area contributed by atoms with E-state index in [4.69, 9.17) is 5.73 Å². The highest BCUT2D eigenvalue weighted by atomic mass is 35.5. The van der Waals surface area contributed by atoms with Crippen LogP contribution in [0.25, 0.3) is 11.0 Å². The molecule has 3 rings (SSSR count). The number of anilines is 1. The molecule has 5 N–H and O–H groups in total. The SMILES string of the molecule is CC(C(=O)Nc1ccc2[nH]c(=O)[nH]c2c1)N1CCC(C)(CN)C1.Cl. The van der Waals surface area contributed by atoms with E-state index in [0.717, 1.165) is 25.0 Å². The number of hydrogen-bond acceptors (Lipinski definition) is 4. The Morgan fingerprint density at radius 2 is 2.12 bits per heavy atom. The van der Waals surface area contributed by atoms with Crippen LogP contribution in [0.5, 0.6) is 0 Å². The molecule has 2 atom stereocenters. The maximum atomic E-state index is 12.5. The van der Waals surface area contributed by atoms with Crippen LogP contribution in [0.15, 0.2) is 23.0 Å². The number of likely N-dealkylation sites (tertiary alicyclic amines) is 1. The third kappa shape index (κ3) is 3.63. The Kier molecular flexibility index (Phi) is 5.37. The molecule has 0 radical (unpaired) electrons. The topological polar surface area (TPSA) is 107 Å². The Hall–Kier alpha value is -1.83. The van der Waals surface area contributed by atoms with Gasteiger partial charge < -0.3 is 21.0 Å². The summed E-state index contributed by atoms with van der Waals surface area (Å²) in [5, 5.41) is 2.92. The monoisotopic (exact) mass is 353 g/mol. The van der Waals surface area contributed by atoms with Gasteiger partial charge >= 0.3 is 5.69 Å². The van der Waals surface area contributed by atoms with Crippen LogP contribution in [0.4, 0.5) is 5.69 Å². The van der Waals surface area contributed by atoms with E-state index in [1.807, 2.05) is 6.92 Å². The first kappa shape index (κ1) is 18.5. The Bertz CT molecular complexity index is 786. The average Bonchev–Trinajstić information content (AvgIpc) is 3.09. The number of halogens is 1. The molecule has 0 spiro atoms. The summed E-state index contributed by atoms with van der Waals surface area (Å²) in [6.07, 6.45) is 1.01. The van der Waals surface area contributed by atoms with Gasteiger partial charge in [0.15, 0.2) is 0 Å². The van der Waals surface area contributed by atoms with Gasteiger partial charge in [0, 0.05) is 12.2 Å². The quantitative estimate of drug-likeness (QED) is 0.664. The summed E-state index contributed by atoms with van der Waals surface area (Å²) < 4.78 is 0. The molecule has 1 saturated heterocycles. The molecule has 1 amide bonds. The smallest absolute Gasteiger partial charge is 0.323 e. The number of nitrogens with zero attached hydrogens (tertiary/aromatic N) is 1. The van der Waals surface area contributed by atoms with E-state index in [1.165, 1.54) is 0 Å². The fourth-order valence-electron chi connectivity index (χ4n) is 3.08. The molecule has 1 aliphatic heterocycles. The number of nitrogens with two attached hydrogens (primary N) is 1. The minimum absolute atomic E-state index is 0. The number of carbonyl (C=O) groups is 1. The van der Waals surface area contributed by atoms with Crippen LogP contribution < -0.4 is 16.7 Å². The molecule has 132 valence electrons. The van der Waals surface area contributed by atoms with Gasteiger partial charge in [-0.2, -0.15) is 0 Å². The van der Waals surface area contributed by atoms with Crippen molar-refractivity contribution in [1.29, 1.82) is 0 Å². The van der Waals surface area contributed by atoms with Gasteiger partial charge in [-0.1, -0.05) is 6.92 Å². The number of carbonyl (C=O) groups excluding carboxylic acids is 1. The standard InChI is InChI=1S/C16H23N5O2.ClH/c1-10(21-6-5-16(2,8-17)9-21)14(22)18-11-3-4-12-13(7-11)20-15(23)19-12;/h3-4,7,10H,5-6,8-9,17H2,1-2H3,(H,18,22)(H2,19,20,23);1H. The fourth-order valence-corrected chi connectivity index (χ4v) is 3.08. The molecular formula is C16H24ClN5O2. The summed E-state index contributed by atoms with van der Waals surface area (Å²) >= 11 is 0. The number of amides is 1. The number of H-pyrrole nitrogens is 2. The van der Waals surface area contributed by atoms with E-state index in [9.17, 15) is 9.59 Å². The summed E-state index contributed by atoms with van der Waals surface area (Å²) in [6.45, 7) is 6.42. The van der Waals surface area contributed by atoms with E-state index in [2.05, 4.69) is 27.1 Å². The van der Waals surface area contributed by atoms with Gasteiger partial charge in [-0.05, 0) is 50.0 Å². The number of aromatic amines is 2. The molecular weight excluding hydrogens is 330 g/mol. The van der Waals surface area contributed by atoms with Crippen LogP contribution in [0, 0.1) is 5.41 Å². The second kappa shape index (κ2) is 6.96. The van der Waals surface area contributed by atoms with Gasteiger partial charge in [0.1, 0.15) is 0 Å². The number of hydrogen-bond donors (Lipinski definition) is 4. The zero-order chi connectivity index (χ0) is 16.6. The second-order valence-corrected chi connectivity index (χ2v) is 6.74. The molecule has 2 aromatic rings. The number of benzene rings is 1. The zero-order valence-corrected chi connectivity index (χ0v) is 14.7. The number of rotatable bonds is 4. The first-order valence-corrected chi connectivity index (χ1v) is 7.87. The van der Waals surface area contributed by atoms with E-state index in [-0.39, 0.29) is 35.5 Å². The van der Waals surface area contributed by atoms with Gasteiger partial charge in [-0.15, -0.1) is 12.4 Å². The lowest BCUT2D eigenvalue weighted by Crippen LogP contribution is -2.42. The molecule has 0 saturated carbocycles. The first-order valence-electron chi connectivity index (χ1n) is 7.87. The molecule has 1 aromatic heterocycles.